The number of imide groups is 1. The van der Waals surface area contributed by atoms with Crippen LogP contribution in [0.15, 0.2) is 83.8 Å². The van der Waals surface area contributed by atoms with E-state index < -0.39 is 23.6 Å². The number of anilines is 1. The highest BCUT2D eigenvalue weighted by Gasteiger charge is 2.36. The lowest BCUT2D eigenvalue weighted by molar-refractivity contribution is -0.127. The summed E-state index contributed by atoms with van der Waals surface area (Å²) in [5, 5.41) is 4.91. The largest absolute Gasteiger partial charge is 0.493 e. The lowest BCUT2D eigenvalue weighted by Gasteiger charge is -2.14. The number of nitrogens with zero attached hydrogens (tertiary/aromatic N) is 1. The summed E-state index contributed by atoms with van der Waals surface area (Å²) >= 11 is 6.80. The van der Waals surface area contributed by atoms with Crippen molar-refractivity contribution in [2.24, 2.45) is 0 Å². The van der Waals surface area contributed by atoms with Gasteiger partial charge in [-0.1, -0.05) is 66.2 Å². The second-order valence-electron chi connectivity index (χ2n) is 9.11. The minimum absolute atomic E-state index is 0.211. The smallest absolute Gasteiger partial charge is 0.294 e. The molecule has 0 bridgehead atoms. The van der Waals surface area contributed by atoms with Crippen molar-refractivity contribution in [3.63, 3.8) is 0 Å². The number of ether oxygens (including phenoxy) is 2. The Morgan fingerprint density at radius 3 is 2.62 bits per heavy atom. The van der Waals surface area contributed by atoms with Crippen LogP contribution < -0.4 is 14.8 Å². The molecular formula is C31H25ClN2O5S. The molecule has 40 heavy (non-hydrogen) atoms. The number of carbonyl (C=O) groups is 3. The van der Waals surface area contributed by atoms with Gasteiger partial charge in [0.2, 0.25) is 5.91 Å². The molecule has 0 radical (unpaired) electrons. The van der Waals surface area contributed by atoms with E-state index in [4.69, 9.17) is 21.1 Å². The van der Waals surface area contributed by atoms with Gasteiger partial charge in [-0.15, -0.1) is 0 Å². The molecule has 0 spiro atoms. The highest BCUT2D eigenvalue weighted by molar-refractivity contribution is 8.18. The van der Waals surface area contributed by atoms with Crippen LogP contribution in [0.4, 0.5) is 10.5 Å². The molecule has 202 valence electrons. The number of nitrogens with one attached hydrogen (secondary N) is 1. The van der Waals surface area contributed by atoms with Crippen LogP contribution in [-0.4, -0.2) is 35.6 Å². The minimum atomic E-state index is -0.539. The SMILES string of the molecule is COc1cc(/C=C2/SC(=O)N(CC(=O)Nc3cc(Cl)ccc3C)C2=O)ccc1OCc1cccc2ccccc12. The molecule has 1 fully saturated rings. The van der Waals surface area contributed by atoms with E-state index >= 15 is 0 Å². The molecule has 0 saturated carbocycles. The van der Waals surface area contributed by atoms with E-state index in [-0.39, 0.29) is 4.91 Å². The first-order valence-corrected chi connectivity index (χ1v) is 13.6. The number of thioether (sulfide) groups is 1. The number of aryl methyl sites for hydroxylation is 1. The molecule has 1 aliphatic rings. The molecule has 9 heteroatoms. The Morgan fingerprint density at radius 2 is 1.80 bits per heavy atom. The van der Waals surface area contributed by atoms with E-state index in [0.717, 1.165) is 38.6 Å². The highest BCUT2D eigenvalue weighted by atomic mass is 35.5. The second-order valence-corrected chi connectivity index (χ2v) is 10.5. The Bertz CT molecular complexity index is 1660. The standard InChI is InChI=1S/C31H25ClN2O5S/c1-19-10-12-23(32)16-25(19)33-29(35)17-34-30(36)28(40-31(34)37)15-20-11-13-26(27(14-20)38-2)39-18-22-8-5-7-21-6-3-4-9-24(21)22/h3-16H,17-18H2,1-2H3,(H,33,35)/b28-15+. The maximum atomic E-state index is 13.0. The first-order chi connectivity index (χ1) is 19.3. The van der Waals surface area contributed by atoms with Crippen LogP contribution >= 0.6 is 23.4 Å². The van der Waals surface area contributed by atoms with Crippen molar-refractivity contribution in [2.45, 2.75) is 13.5 Å². The summed E-state index contributed by atoms with van der Waals surface area (Å²) in [6.45, 7) is 1.77. The van der Waals surface area contributed by atoms with Crippen molar-refractivity contribution < 1.29 is 23.9 Å². The van der Waals surface area contributed by atoms with Gasteiger partial charge in [-0.05, 0) is 76.5 Å². The molecule has 0 aromatic heterocycles. The zero-order valence-electron chi connectivity index (χ0n) is 21.8. The van der Waals surface area contributed by atoms with Crippen molar-refractivity contribution in [3.05, 3.63) is 105 Å². The van der Waals surface area contributed by atoms with Gasteiger partial charge in [-0.3, -0.25) is 19.3 Å². The molecule has 0 aliphatic carbocycles. The van der Waals surface area contributed by atoms with Crippen molar-refractivity contribution in [3.8, 4) is 11.5 Å². The van der Waals surface area contributed by atoms with Crippen LogP contribution in [0.2, 0.25) is 5.02 Å². The van der Waals surface area contributed by atoms with E-state index in [1.54, 1.807) is 42.5 Å². The van der Waals surface area contributed by atoms with Crippen LogP contribution in [0.3, 0.4) is 0 Å². The Hall–Kier alpha value is -4.27. The summed E-state index contributed by atoms with van der Waals surface area (Å²) in [7, 11) is 1.54. The summed E-state index contributed by atoms with van der Waals surface area (Å²) in [4.78, 5) is 39.3. The van der Waals surface area contributed by atoms with Crippen LogP contribution in [-0.2, 0) is 16.2 Å². The average Bonchev–Trinajstić information content (AvgIpc) is 3.21. The number of amides is 3. The molecular weight excluding hydrogens is 548 g/mol. The molecule has 0 atom stereocenters. The van der Waals surface area contributed by atoms with E-state index in [1.165, 1.54) is 7.11 Å². The summed E-state index contributed by atoms with van der Waals surface area (Å²) in [5.41, 5.74) is 3.03. The molecule has 3 amide bonds. The predicted molar refractivity (Wildman–Crippen MR) is 159 cm³/mol. The van der Waals surface area contributed by atoms with E-state index in [1.807, 2.05) is 31.2 Å². The van der Waals surface area contributed by atoms with Crippen LogP contribution in [0.25, 0.3) is 16.8 Å². The monoisotopic (exact) mass is 572 g/mol. The molecule has 4 aromatic rings. The topological polar surface area (TPSA) is 84.9 Å². The highest BCUT2D eigenvalue weighted by Crippen LogP contribution is 2.35. The maximum absolute atomic E-state index is 13.0. The quantitative estimate of drug-likeness (QED) is 0.227. The third kappa shape index (κ3) is 5.98. The number of hydrogen-bond acceptors (Lipinski definition) is 6. The Morgan fingerprint density at radius 1 is 1.00 bits per heavy atom. The summed E-state index contributed by atoms with van der Waals surface area (Å²) in [5.74, 6) is 0.00431. The summed E-state index contributed by atoms with van der Waals surface area (Å²) in [6, 6.07) is 24.6. The Labute approximate surface area is 240 Å². The average molecular weight is 573 g/mol. The van der Waals surface area contributed by atoms with E-state index in [2.05, 4.69) is 23.5 Å². The second kappa shape index (κ2) is 11.9. The third-order valence-corrected chi connectivity index (χ3v) is 7.54. The van der Waals surface area contributed by atoms with E-state index in [9.17, 15) is 14.4 Å². The minimum Gasteiger partial charge on any atom is -0.493 e. The Balaban J connectivity index is 1.27. The molecule has 0 unspecified atom stereocenters. The molecule has 1 N–H and O–H groups in total. The fourth-order valence-electron chi connectivity index (χ4n) is 4.32. The number of rotatable bonds is 8. The van der Waals surface area contributed by atoms with Crippen molar-refractivity contribution >= 4 is 63.0 Å². The normalized spacial score (nSPS) is 14.2. The van der Waals surface area contributed by atoms with Gasteiger partial charge >= 0.3 is 0 Å². The van der Waals surface area contributed by atoms with Gasteiger partial charge in [0.25, 0.3) is 11.1 Å². The van der Waals surface area contributed by atoms with Gasteiger partial charge in [-0.25, -0.2) is 0 Å². The predicted octanol–water partition coefficient (Wildman–Crippen LogP) is 7.06. The third-order valence-electron chi connectivity index (χ3n) is 6.40. The Kier molecular flexibility index (Phi) is 8.09. The first-order valence-electron chi connectivity index (χ1n) is 12.4. The molecule has 4 aromatic carbocycles. The van der Waals surface area contributed by atoms with Crippen LogP contribution in [0.5, 0.6) is 11.5 Å². The van der Waals surface area contributed by atoms with Gasteiger partial charge in [0.05, 0.1) is 12.0 Å². The van der Waals surface area contributed by atoms with E-state index in [0.29, 0.717) is 34.4 Å². The van der Waals surface area contributed by atoms with Crippen molar-refractivity contribution in [1.29, 1.82) is 0 Å². The fraction of sp³-hybridized carbons (Fsp3) is 0.129. The van der Waals surface area contributed by atoms with Gasteiger partial charge in [0, 0.05) is 10.7 Å². The maximum Gasteiger partial charge on any atom is 0.294 e. The van der Waals surface area contributed by atoms with Crippen LogP contribution in [0, 0.1) is 6.92 Å². The number of benzene rings is 4. The van der Waals surface area contributed by atoms with Crippen molar-refractivity contribution in [2.75, 3.05) is 19.0 Å². The number of methoxy groups -OCH3 is 1. The molecule has 7 nitrogen and oxygen atoms in total. The van der Waals surface area contributed by atoms with Crippen LogP contribution in [0.1, 0.15) is 16.7 Å². The molecule has 1 heterocycles. The number of carbonyl (C=O) groups excluding carboxylic acids is 3. The zero-order valence-corrected chi connectivity index (χ0v) is 23.3. The number of halogens is 1. The molecule has 1 aliphatic heterocycles. The number of fused-ring (bicyclic) bond motifs is 1. The lowest BCUT2D eigenvalue weighted by atomic mass is 10.1. The summed E-state index contributed by atoms with van der Waals surface area (Å²) < 4.78 is 11.6. The van der Waals surface area contributed by atoms with Gasteiger partial charge in [0.15, 0.2) is 11.5 Å². The van der Waals surface area contributed by atoms with Crippen molar-refractivity contribution in [1.82, 2.24) is 4.90 Å². The first kappa shape index (κ1) is 27.3. The fourth-order valence-corrected chi connectivity index (χ4v) is 5.33. The number of hydrogen-bond donors (Lipinski definition) is 1. The lowest BCUT2D eigenvalue weighted by Crippen LogP contribution is -2.36. The summed E-state index contributed by atoms with van der Waals surface area (Å²) in [6.07, 6.45) is 1.60. The molecule has 1 saturated heterocycles. The molecule has 5 rings (SSSR count). The van der Waals surface area contributed by atoms with Gasteiger partial charge < -0.3 is 14.8 Å². The van der Waals surface area contributed by atoms with Gasteiger partial charge in [-0.2, -0.15) is 0 Å². The zero-order chi connectivity index (χ0) is 28.2. The van der Waals surface area contributed by atoms with Gasteiger partial charge in [0.1, 0.15) is 13.2 Å².